The Kier molecular flexibility index (Phi) is 8.26. The van der Waals surface area contributed by atoms with Gasteiger partial charge in [-0.3, -0.25) is 8.75 Å². The minimum atomic E-state index is -4.75. The molecular weight excluding hydrogens is 428 g/mol. The summed E-state index contributed by atoms with van der Waals surface area (Å²) in [6.45, 7) is 2.93. The van der Waals surface area contributed by atoms with Crippen LogP contribution in [0.25, 0.3) is 0 Å². The van der Waals surface area contributed by atoms with Gasteiger partial charge in [-0.25, -0.2) is 0 Å². The van der Waals surface area contributed by atoms with Crippen LogP contribution in [0.2, 0.25) is 5.02 Å². The van der Waals surface area contributed by atoms with E-state index in [-0.39, 0.29) is 13.2 Å². The molecule has 144 valence electrons. The molecule has 0 fully saturated rings. The Morgan fingerprint density at radius 1 is 1.20 bits per heavy atom. The molecule has 0 amide bonds. The highest BCUT2D eigenvalue weighted by Crippen LogP contribution is 2.49. The summed E-state index contributed by atoms with van der Waals surface area (Å²) in [6, 6.07) is 3.20. The molecule has 0 atom stereocenters. The van der Waals surface area contributed by atoms with Crippen LogP contribution in [0.3, 0.4) is 0 Å². The number of benzene rings is 1. The Morgan fingerprint density at radius 2 is 1.76 bits per heavy atom. The van der Waals surface area contributed by atoms with Gasteiger partial charge in [0.15, 0.2) is 6.35 Å². The van der Waals surface area contributed by atoms with Crippen LogP contribution < -0.4 is 0 Å². The Labute approximate surface area is 152 Å². The third-order valence-corrected chi connectivity index (χ3v) is 7.06. The monoisotopic (exact) mass is 442 g/mol. The van der Waals surface area contributed by atoms with Crippen LogP contribution in [0.5, 0.6) is 0 Å². The van der Waals surface area contributed by atoms with Gasteiger partial charge in [0.25, 0.3) is 10.1 Å². The summed E-state index contributed by atoms with van der Waals surface area (Å²) < 4.78 is 89.0. The van der Waals surface area contributed by atoms with Gasteiger partial charge in [0.2, 0.25) is 0 Å². The van der Waals surface area contributed by atoms with E-state index in [9.17, 15) is 26.2 Å². The zero-order chi connectivity index (χ0) is 19.3. The van der Waals surface area contributed by atoms with Crippen molar-refractivity contribution in [3.05, 3.63) is 23.2 Å². The molecule has 0 aliphatic carbocycles. The van der Waals surface area contributed by atoms with Gasteiger partial charge in [0.05, 0.1) is 18.2 Å². The summed E-state index contributed by atoms with van der Waals surface area (Å²) in [4.78, 5) is -1.53. The first-order valence-electron chi connectivity index (χ1n) is 6.76. The molecule has 0 heterocycles. The van der Waals surface area contributed by atoms with Gasteiger partial charge in [-0.2, -0.15) is 21.6 Å². The van der Waals surface area contributed by atoms with Gasteiger partial charge in [-0.05, 0) is 37.7 Å². The van der Waals surface area contributed by atoms with Crippen LogP contribution in [0.1, 0.15) is 13.8 Å². The fraction of sp³-hybridized carbons (Fsp3) is 0.500. The van der Waals surface area contributed by atoms with Crippen molar-refractivity contribution in [2.45, 2.75) is 29.1 Å². The molecule has 0 aromatic heterocycles. The summed E-state index contributed by atoms with van der Waals surface area (Å²) in [5.74, 6) is 0. The first kappa shape index (κ1) is 22.8. The second-order valence-corrected chi connectivity index (χ2v) is 9.33. The maximum Gasteiger partial charge on any atom is 0.446 e. The standard InChI is InChI=1S/C12H15ClF3O6PS2/c1-3-20-23(17,21-4-2)8-22-25(18,19)11-9(13)6-5-7-10(11)24-12(14,15)16/h5-7H,3-4,8H2,1-2H3. The Morgan fingerprint density at radius 3 is 2.24 bits per heavy atom. The highest BCUT2D eigenvalue weighted by atomic mass is 35.5. The number of hydrogen-bond donors (Lipinski definition) is 0. The van der Waals surface area contributed by atoms with Gasteiger partial charge in [-0.15, -0.1) is 0 Å². The van der Waals surface area contributed by atoms with E-state index >= 15 is 0 Å². The van der Waals surface area contributed by atoms with E-state index in [4.69, 9.17) is 20.6 Å². The summed E-state index contributed by atoms with van der Waals surface area (Å²) in [7, 11) is -8.63. The van der Waals surface area contributed by atoms with Gasteiger partial charge >= 0.3 is 13.1 Å². The van der Waals surface area contributed by atoms with E-state index in [1.807, 2.05) is 0 Å². The lowest BCUT2D eigenvalue weighted by Crippen LogP contribution is -2.13. The maximum atomic E-state index is 12.6. The van der Waals surface area contributed by atoms with E-state index in [0.29, 0.717) is 0 Å². The van der Waals surface area contributed by atoms with Gasteiger partial charge in [-0.1, -0.05) is 17.7 Å². The molecule has 0 saturated heterocycles. The fourth-order valence-electron chi connectivity index (χ4n) is 1.63. The number of alkyl halides is 3. The normalized spacial score (nSPS) is 13.2. The lowest BCUT2D eigenvalue weighted by molar-refractivity contribution is -0.0329. The highest BCUT2D eigenvalue weighted by molar-refractivity contribution is 8.00. The Hall–Kier alpha value is -0.290. The van der Waals surface area contributed by atoms with Crippen LogP contribution in [0.15, 0.2) is 28.0 Å². The molecule has 0 aliphatic rings. The second-order valence-electron chi connectivity index (χ2n) is 4.26. The lowest BCUT2D eigenvalue weighted by Gasteiger charge is -2.18. The molecule has 0 bridgehead atoms. The SMILES string of the molecule is CCOP(=O)(COS(=O)(=O)c1c(Cl)cccc1SC(F)(F)F)OCC. The van der Waals surface area contributed by atoms with E-state index in [1.165, 1.54) is 19.9 Å². The lowest BCUT2D eigenvalue weighted by atomic mass is 10.4. The Balaban J connectivity index is 3.16. The molecule has 25 heavy (non-hydrogen) atoms. The predicted octanol–water partition coefficient (Wildman–Crippen LogP) is 4.88. The number of halogens is 4. The van der Waals surface area contributed by atoms with Crippen LogP contribution in [0.4, 0.5) is 13.2 Å². The number of hydrogen-bond acceptors (Lipinski definition) is 7. The topological polar surface area (TPSA) is 78.9 Å². The van der Waals surface area contributed by atoms with Crippen molar-refractivity contribution in [1.82, 2.24) is 0 Å². The molecule has 1 aromatic rings. The third-order valence-electron chi connectivity index (χ3n) is 2.42. The Bertz CT molecular complexity index is 731. The molecule has 1 rings (SSSR count). The predicted molar refractivity (Wildman–Crippen MR) is 87.4 cm³/mol. The number of rotatable bonds is 9. The van der Waals surface area contributed by atoms with Gasteiger partial charge in [0.1, 0.15) is 4.90 Å². The zero-order valence-corrected chi connectivity index (χ0v) is 16.4. The molecule has 0 saturated carbocycles. The summed E-state index contributed by atoms with van der Waals surface area (Å²) in [5.41, 5.74) is -4.74. The molecule has 0 spiro atoms. The zero-order valence-electron chi connectivity index (χ0n) is 13.1. The highest BCUT2D eigenvalue weighted by Gasteiger charge is 2.35. The molecule has 13 heteroatoms. The number of thioether (sulfide) groups is 1. The van der Waals surface area contributed by atoms with Crippen molar-refractivity contribution in [3.63, 3.8) is 0 Å². The summed E-state index contributed by atoms with van der Waals surface area (Å²) >= 11 is 5.09. The van der Waals surface area contributed by atoms with Crippen molar-refractivity contribution in [2.24, 2.45) is 0 Å². The maximum absolute atomic E-state index is 12.6. The molecular formula is C12H15ClF3O6PS2. The van der Waals surface area contributed by atoms with Crippen molar-refractivity contribution in [3.8, 4) is 0 Å². The van der Waals surface area contributed by atoms with Crippen LogP contribution in [0, 0.1) is 0 Å². The van der Waals surface area contributed by atoms with Crippen LogP contribution in [-0.2, 0) is 27.9 Å². The first-order chi connectivity index (χ1) is 11.4. The van der Waals surface area contributed by atoms with E-state index in [2.05, 4.69) is 4.18 Å². The summed E-state index contributed by atoms with van der Waals surface area (Å²) in [5, 5.41) is -0.461. The van der Waals surface area contributed by atoms with Gasteiger partial charge < -0.3 is 9.05 Å². The van der Waals surface area contributed by atoms with Crippen molar-refractivity contribution >= 4 is 41.1 Å². The van der Waals surface area contributed by atoms with Crippen LogP contribution in [-0.4, -0.2) is 33.5 Å². The van der Waals surface area contributed by atoms with Crippen molar-refractivity contribution in [2.75, 3.05) is 19.6 Å². The smallest absolute Gasteiger partial charge is 0.307 e. The molecule has 1 aromatic carbocycles. The van der Waals surface area contributed by atoms with Gasteiger partial charge in [0, 0.05) is 4.90 Å². The average Bonchev–Trinajstić information content (AvgIpc) is 2.44. The molecule has 0 radical (unpaired) electrons. The second kappa shape index (κ2) is 9.07. The van der Waals surface area contributed by atoms with Crippen LogP contribution >= 0.6 is 31.0 Å². The van der Waals surface area contributed by atoms with E-state index in [1.54, 1.807) is 0 Å². The first-order valence-corrected chi connectivity index (χ1v) is 11.1. The van der Waals surface area contributed by atoms with Crippen molar-refractivity contribution in [1.29, 1.82) is 0 Å². The molecule has 0 aliphatic heterocycles. The van der Waals surface area contributed by atoms with E-state index in [0.717, 1.165) is 12.1 Å². The fourth-order valence-corrected chi connectivity index (χ4v) is 6.00. The minimum Gasteiger partial charge on any atom is -0.307 e. The minimum absolute atomic E-state index is 0.0397. The van der Waals surface area contributed by atoms with E-state index < -0.39 is 56.1 Å². The quantitative estimate of drug-likeness (QED) is 0.306. The molecule has 0 N–H and O–H groups in total. The molecule has 6 nitrogen and oxygen atoms in total. The molecule has 0 unspecified atom stereocenters. The average molecular weight is 443 g/mol. The largest absolute Gasteiger partial charge is 0.446 e. The van der Waals surface area contributed by atoms with Crippen molar-refractivity contribution < 1.29 is 39.4 Å². The third kappa shape index (κ3) is 7.09. The summed E-state index contributed by atoms with van der Waals surface area (Å²) in [6.07, 6.45) is -0.988.